The summed E-state index contributed by atoms with van der Waals surface area (Å²) >= 11 is 6.42. The van der Waals surface area contributed by atoms with Gasteiger partial charge in [-0.2, -0.15) is 4.31 Å². The molecule has 2 heterocycles. The summed E-state index contributed by atoms with van der Waals surface area (Å²) in [6.45, 7) is 0.178. The molecule has 0 aromatic heterocycles. The molecule has 7 nitrogen and oxygen atoms in total. The molecular formula is C20H17Br2F3N2O5S. The second kappa shape index (κ2) is 9.08. The lowest BCUT2D eigenvalue weighted by Gasteiger charge is -2.39. The molecule has 2 aromatic rings. The quantitative estimate of drug-likeness (QED) is 0.460. The largest absolute Gasteiger partial charge is 0.573 e. The standard InChI is InChI=1S/C20H17Br2F3N2O5S/c21-13-1-3-16-12(9-13)11-31-19(28)27(16)15-5-7-26(8-6-15)33(29,30)18-4-2-14(22)10-17(18)32-20(23,24)25/h1-4,9-10,15H,5-8,11H2. The number of ether oxygens (including phenoxy) is 2. The van der Waals surface area contributed by atoms with Gasteiger partial charge >= 0.3 is 12.5 Å². The first-order valence-corrected chi connectivity index (χ1v) is 12.8. The van der Waals surface area contributed by atoms with E-state index in [0.717, 1.165) is 26.5 Å². The average Bonchev–Trinajstić information content (AvgIpc) is 2.72. The van der Waals surface area contributed by atoms with Crippen LogP contribution in [0.15, 0.2) is 50.2 Å². The van der Waals surface area contributed by atoms with Gasteiger partial charge in [-0.25, -0.2) is 13.2 Å². The van der Waals surface area contributed by atoms with Gasteiger partial charge in [0.15, 0.2) is 5.75 Å². The Hall–Kier alpha value is -1.83. The summed E-state index contributed by atoms with van der Waals surface area (Å²) in [5.74, 6) is -0.807. The highest BCUT2D eigenvalue weighted by molar-refractivity contribution is 9.10. The van der Waals surface area contributed by atoms with Crippen molar-refractivity contribution in [2.24, 2.45) is 0 Å². The van der Waals surface area contributed by atoms with Gasteiger partial charge in [-0.3, -0.25) is 4.90 Å². The number of rotatable bonds is 4. The molecule has 0 radical (unpaired) electrons. The molecule has 2 aliphatic heterocycles. The molecule has 4 rings (SSSR count). The van der Waals surface area contributed by atoms with Crippen LogP contribution in [-0.2, 0) is 21.4 Å². The normalized spacial score (nSPS) is 18.1. The van der Waals surface area contributed by atoms with Gasteiger partial charge in [-0.15, -0.1) is 13.2 Å². The number of amides is 1. The first kappa shape index (κ1) is 24.3. The number of carbonyl (C=O) groups is 1. The third-order valence-electron chi connectivity index (χ3n) is 5.39. The summed E-state index contributed by atoms with van der Waals surface area (Å²) in [6, 6.07) is 8.51. The van der Waals surface area contributed by atoms with E-state index in [4.69, 9.17) is 4.74 Å². The number of benzene rings is 2. The van der Waals surface area contributed by atoms with Gasteiger partial charge in [-0.1, -0.05) is 31.9 Å². The number of alkyl halides is 3. The van der Waals surface area contributed by atoms with E-state index in [2.05, 4.69) is 36.6 Å². The molecule has 33 heavy (non-hydrogen) atoms. The fourth-order valence-electron chi connectivity index (χ4n) is 3.94. The van der Waals surface area contributed by atoms with Crippen LogP contribution in [0.4, 0.5) is 23.7 Å². The lowest BCUT2D eigenvalue weighted by molar-refractivity contribution is -0.275. The summed E-state index contributed by atoms with van der Waals surface area (Å²) in [4.78, 5) is 13.4. The third kappa shape index (κ3) is 5.15. The van der Waals surface area contributed by atoms with Gasteiger partial charge in [0.2, 0.25) is 10.0 Å². The van der Waals surface area contributed by atoms with Crippen LogP contribution in [0.1, 0.15) is 18.4 Å². The molecule has 1 amide bonds. The van der Waals surface area contributed by atoms with E-state index in [0.29, 0.717) is 5.69 Å². The highest BCUT2D eigenvalue weighted by atomic mass is 79.9. The van der Waals surface area contributed by atoms with Crippen LogP contribution in [0, 0.1) is 0 Å². The second-order valence-electron chi connectivity index (χ2n) is 7.47. The minimum absolute atomic E-state index is 0.0180. The highest BCUT2D eigenvalue weighted by Crippen LogP contribution is 2.37. The average molecular weight is 614 g/mol. The molecule has 2 aliphatic rings. The SMILES string of the molecule is O=C1OCc2cc(Br)ccc2N1C1CCN(S(=O)(=O)c2ccc(Br)cc2OC(F)(F)F)CC1. The van der Waals surface area contributed by atoms with E-state index in [1.54, 1.807) is 12.1 Å². The molecule has 1 saturated heterocycles. The van der Waals surface area contributed by atoms with Crippen molar-refractivity contribution < 1.29 is 35.9 Å². The predicted molar refractivity (Wildman–Crippen MR) is 119 cm³/mol. The number of anilines is 1. The minimum Gasteiger partial charge on any atom is -0.444 e. The number of hydrogen-bond donors (Lipinski definition) is 0. The van der Waals surface area contributed by atoms with Crippen molar-refractivity contribution in [2.45, 2.75) is 36.7 Å². The second-order valence-corrected chi connectivity index (χ2v) is 11.2. The summed E-state index contributed by atoms with van der Waals surface area (Å²) in [5.41, 5.74) is 1.52. The molecule has 178 valence electrons. The van der Waals surface area contributed by atoms with Gasteiger partial charge in [-0.05, 0) is 49.2 Å². The number of fused-ring (bicyclic) bond motifs is 1. The van der Waals surface area contributed by atoms with Crippen molar-refractivity contribution in [2.75, 3.05) is 18.0 Å². The van der Waals surface area contributed by atoms with E-state index in [1.165, 1.54) is 11.0 Å². The monoisotopic (exact) mass is 612 g/mol. The van der Waals surface area contributed by atoms with E-state index in [1.807, 2.05) is 6.07 Å². The van der Waals surface area contributed by atoms with Gasteiger partial charge in [0, 0.05) is 33.6 Å². The maximum absolute atomic E-state index is 13.1. The molecule has 0 bridgehead atoms. The number of hydrogen-bond acceptors (Lipinski definition) is 5. The molecular weight excluding hydrogens is 597 g/mol. The van der Waals surface area contributed by atoms with E-state index in [9.17, 15) is 26.4 Å². The first-order valence-electron chi connectivity index (χ1n) is 9.75. The first-order chi connectivity index (χ1) is 15.5. The predicted octanol–water partition coefficient (Wildman–Crippen LogP) is 5.42. The molecule has 0 unspecified atom stereocenters. The van der Waals surface area contributed by atoms with Crippen LogP contribution in [0.25, 0.3) is 0 Å². The molecule has 2 aromatic carbocycles. The lowest BCUT2D eigenvalue weighted by atomic mass is 10.0. The summed E-state index contributed by atoms with van der Waals surface area (Å²) in [6.07, 6.45) is -4.99. The van der Waals surface area contributed by atoms with Gasteiger partial charge in [0.05, 0.1) is 5.69 Å². The van der Waals surface area contributed by atoms with Crippen molar-refractivity contribution >= 4 is 53.7 Å². The van der Waals surface area contributed by atoms with Gasteiger partial charge in [0.1, 0.15) is 11.5 Å². The van der Waals surface area contributed by atoms with Crippen LogP contribution < -0.4 is 9.64 Å². The smallest absolute Gasteiger partial charge is 0.444 e. The number of nitrogens with zero attached hydrogens (tertiary/aromatic N) is 2. The zero-order valence-electron chi connectivity index (χ0n) is 16.8. The number of cyclic esters (lactones) is 1. The molecule has 13 heteroatoms. The summed E-state index contributed by atoms with van der Waals surface area (Å²) in [7, 11) is -4.27. The maximum Gasteiger partial charge on any atom is 0.573 e. The van der Waals surface area contributed by atoms with Crippen molar-refractivity contribution in [3.05, 3.63) is 50.9 Å². The maximum atomic E-state index is 13.1. The van der Waals surface area contributed by atoms with Crippen molar-refractivity contribution in [3.63, 3.8) is 0 Å². The Balaban J connectivity index is 1.55. The Labute approximate surface area is 204 Å². The van der Waals surface area contributed by atoms with E-state index in [-0.39, 0.29) is 43.1 Å². The number of sulfonamides is 1. The Bertz CT molecular complexity index is 1180. The van der Waals surface area contributed by atoms with Crippen LogP contribution >= 0.6 is 31.9 Å². The van der Waals surface area contributed by atoms with Crippen LogP contribution in [0.2, 0.25) is 0 Å². The Morgan fingerprint density at radius 1 is 1.03 bits per heavy atom. The van der Waals surface area contributed by atoms with Gasteiger partial charge < -0.3 is 9.47 Å². The van der Waals surface area contributed by atoms with Crippen molar-refractivity contribution in [1.82, 2.24) is 4.31 Å². The molecule has 0 atom stereocenters. The fraction of sp³-hybridized carbons (Fsp3) is 0.350. The topological polar surface area (TPSA) is 76.2 Å². The Morgan fingerprint density at radius 3 is 2.33 bits per heavy atom. The molecule has 0 aliphatic carbocycles. The summed E-state index contributed by atoms with van der Waals surface area (Å²) in [5, 5.41) is 0. The Morgan fingerprint density at radius 2 is 1.67 bits per heavy atom. The molecule has 0 saturated carbocycles. The fourth-order valence-corrected chi connectivity index (χ4v) is 6.25. The van der Waals surface area contributed by atoms with Crippen molar-refractivity contribution in [1.29, 1.82) is 0 Å². The summed E-state index contributed by atoms with van der Waals surface area (Å²) < 4.78 is 76.2. The number of halogens is 5. The lowest BCUT2D eigenvalue weighted by Crippen LogP contribution is -2.50. The molecule has 1 fully saturated rings. The molecule has 0 spiro atoms. The van der Waals surface area contributed by atoms with Crippen LogP contribution in [0.3, 0.4) is 0 Å². The Kier molecular flexibility index (Phi) is 6.69. The van der Waals surface area contributed by atoms with E-state index < -0.39 is 33.1 Å². The highest BCUT2D eigenvalue weighted by Gasteiger charge is 2.39. The third-order valence-corrected chi connectivity index (χ3v) is 8.31. The van der Waals surface area contributed by atoms with Gasteiger partial charge in [0.25, 0.3) is 0 Å². The molecule has 0 N–H and O–H groups in total. The minimum atomic E-state index is -5.05. The van der Waals surface area contributed by atoms with Crippen molar-refractivity contribution in [3.8, 4) is 5.75 Å². The van der Waals surface area contributed by atoms with Crippen LogP contribution in [0.5, 0.6) is 5.75 Å². The zero-order valence-corrected chi connectivity index (χ0v) is 20.8. The zero-order chi connectivity index (χ0) is 24.0. The number of carbonyl (C=O) groups excluding carboxylic acids is 1. The van der Waals surface area contributed by atoms with E-state index >= 15 is 0 Å². The van der Waals surface area contributed by atoms with Crippen LogP contribution in [-0.4, -0.2) is 44.3 Å². The number of piperidine rings is 1.